The van der Waals surface area contributed by atoms with Crippen LogP contribution >= 0.6 is 67.8 Å². The number of ether oxygens (including phenoxy) is 1. The molecule has 0 aliphatic heterocycles. The number of nitrogens with one attached hydrogen (secondary N) is 1. The fourth-order valence-corrected chi connectivity index (χ4v) is 6.10. The van der Waals surface area contributed by atoms with E-state index in [0.717, 1.165) is 12.7 Å². The van der Waals surface area contributed by atoms with Gasteiger partial charge in [0.2, 0.25) is 5.91 Å². The number of hydrogen-bond donors (Lipinski definition) is 1. The number of carbonyl (C=O) groups is 2. The first-order chi connectivity index (χ1) is 12.3. The Labute approximate surface area is 221 Å². The summed E-state index contributed by atoms with van der Waals surface area (Å²) in [6.07, 6.45) is -0.493. The zero-order chi connectivity index (χ0) is 19.3. The van der Waals surface area contributed by atoms with Crippen molar-refractivity contribution in [3.63, 3.8) is 0 Å². The standard InChI is InChI=1S/C18H16I3NO4.Na/c1-2-13(18(24)25)26-17-12(20)9-11(19)16(15(17)21)22-14(23)8-10-6-4-3-5-7-10;/h3-7,9,13H,2,8H2,1H3,(H,22,23)(H,24,25);/q;+1/p-1. The molecule has 0 fully saturated rings. The van der Waals surface area contributed by atoms with Gasteiger partial charge in [0.05, 0.1) is 25.2 Å². The molecule has 0 saturated carbocycles. The van der Waals surface area contributed by atoms with Gasteiger partial charge in [-0.25, -0.2) is 0 Å². The van der Waals surface area contributed by atoms with Crippen molar-refractivity contribution in [3.05, 3.63) is 52.7 Å². The molecule has 5 nitrogen and oxygen atoms in total. The number of halogens is 3. The Morgan fingerprint density at radius 3 is 2.33 bits per heavy atom. The van der Waals surface area contributed by atoms with Gasteiger partial charge in [-0.2, -0.15) is 0 Å². The Bertz CT molecular complexity index is 818. The molecule has 138 valence electrons. The Hall–Kier alpha value is 0.370. The van der Waals surface area contributed by atoms with Gasteiger partial charge in [-0.05, 0) is 85.8 Å². The molecule has 27 heavy (non-hydrogen) atoms. The molecule has 9 heteroatoms. The van der Waals surface area contributed by atoms with Crippen molar-refractivity contribution in [2.45, 2.75) is 25.9 Å². The van der Waals surface area contributed by atoms with E-state index in [1.807, 2.05) is 36.4 Å². The van der Waals surface area contributed by atoms with Crippen LogP contribution in [0.3, 0.4) is 0 Å². The number of carboxylic acid groups (broad SMARTS) is 1. The fourth-order valence-electron chi connectivity index (χ4n) is 2.20. The molecule has 0 saturated heterocycles. The van der Waals surface area contributed by atoms with Crippen LogP contribution in [-0.2, 0) is 16.0 Å². The Kier molecular flexibility index (Phi) is 11.4. The summed E-state index contributed by atoms with van der Waals surface area (Å²) in [5.41, 5.74) is 1.54. The molecule has 1 atom stereocenters. The summed E-state index contributed by atoms with van der Waals surface area (Å²) in [4.78, 5) is 23.6. The van der Waals surface area contributed by atoms with Gasteiger partial charge < -0.3 is 20.0 Å². The summed E-state index contributed by atoms with van der Waals surface area (Å²) >= 11 is 6.30. The van der Waals surface area contributed by atoms with Gasteiger partial charge in [0.25, 0.3) is 0 Å². The second-order valence-electron chi connectivity index (χ2n) is 5.40. The van der Waals surface area contributed by atoms with E-state index in [4.69, 9.17) is 4.74 Å². The summed E-state index contributed by atoms with van der Waals surface area (Å²) in [7, 11) is 0. The van der Waals surface area contributed by atoms with E-state index in [2.05, 4.69) is 73.1 Å². The van der Waals surface area contributed by atoms with Crippen molar-refractivity contribution >= 4 is 85.3 Å². The second kappa shape index (κ2) is 12.2. The number of amides is 1. The van der Waals surface area contributed by atoms with E-state index >= 15 is 0 Å². The molecular weight excluding hydrogens is 698 g/mol. The van der Waals surface area contributed by atoms with Crippen LogP contribution in [0.15, 0.2) is 36.4 Å². The molecule has 0 bridgehead atoms. The molecule has 0 radical (unpaired) electrons. The fraction of sp³-hybridized carbons (Fsp3) is 0.222. The minimum Gasteiger partial charge on any atom is -0.546 e. The van der Waals surface area contributed by atoms with Crippen molar-refractivity contribution in [2.75, 3.05) is 5.32 Å². The van der Waals surface area contributed by atoms with Gasteiger partial charge >= 0.3 is 29.6 Å². The number of aliphatic carboxylic acids is 1. The molecule has 0 aliphatic carbocycles. The van der Waals surface area contributed by atoms with Crippen LogP contribution in [0.5, 0.6) is 5.75 Å². The topological polar surface area (TPSA) is 78.5 Å². The van der Waals surface area contributed by atoms with Crippen LogP contribution in [0.1, 0.15) is 18.9 Å². The monoisotopic (exact) mass is 713 g/mol. The van der Waals surface area contributed by atoms with Crippen LogP contribution < -0.4 is 44.7 Å². The Morgan fingerprint density at radius 2 is 1.78 bits per heavy atom. The molecule has 0 heterocycles. The van der Waals surface area contributed by atoms with Crippen LogP contribution in [0.4, 0.5) is 5.69 Å². The Morgan fingerprint density at radius 1 is 1.15 bits per heavy atom. The zero-order valence-corrected chi connectivity index (χ0v) is 23.2. The van der Waals surface area contributed by atoms with Gasteiger partial charge in [0.1, 0.15) is 11.9 Å². The first kappa shape index (κ1) is 25.4. The smallest absolute Gasteiger partial charge is 0.546 e. The summed E-state index contributed by atoms with van der Waals surface area (Å²) in [6.45, 7) is 1.72. The summed E-state index contributed by atoms with van der Waals surface area (Å²) in [6, 6.07) is 11.3. The van der Waals surface area contributed by atoms with Crippen molar-refractivity contribution < 1.29 is 49.0 Å². The summed E-state index contributed by atoms with van der Waals surface area (Å²) in [5.74, 6) is -0.962. The maximum Gasteiger partial charge on any atom is 1.00 e. The average molecular weight is 713 g/mol. The normalized spacial score (nSPS) is 11.3. The van der Waals surface area contributed by atoms with E-state index in [1.54, 1.807) is 6.92 Å². The number of rotatable bonds is 7. The van der Waals surface area contributed by atoms with Gasteiger partial charge in [-0.3, -0.25) is 4.79 Å². The van der Waals surface area contributed by atoms with E-state index in [1.165, 1.54) is 0 Å². The van der Waals surface area contributed by atoms with Crippen LogP contribution in [-0.4, -0.2) is 18.0 Å². The van der Waals surface area contributed by atoms with Gasteiger partial charge in [-0.15, -0.1) is 0 Å². The maximum atomic E-state index is 12.4. The number of hydrogen-bond acceptors (Lipinski definition) is 4. The molecule has 0 aliphatic rings. The molecule has 2 aromatic rings. The van der Waals surface area contributed by atoms with Crippen molar-refractivity contribution in [1.29, 1.82) is 0 Å². The SMILES string of the molecule is CCC(Oc1c(I)cc(I)c(NC(=O)Cc2ccccc2)c1I)C(=O)[O-].[Na+]. The average Bonchev–Trinajstić information content (AvgIpc) is 2.59. The third kappa shape index (κ3) is 7.28. The van der Waals surface area contributed by atoms with Crippen molar-refractivity contribution in [1.82, 2.24) is 0 Å². The minimum absolute atomic E-state index is 0. The first-order valence-electron chi connectivity index (χ1n) is 7.72. The molecule has 2 rings (SSSR count). The first-order valence-corrected chi connectivity index (χ1v) is 11.0. The number of benzene rings is 2. The molecular formula is C18H15I3NNaO4. The number of carboxylic acids is 1. The van der Waals surface area contributed by atoms with Crippen LogP contribution in [0.25, 0.3) is 0 Å². The quantitative estimate of drug-likeness (QED) is 0.337. The van der Waals surface area contributed by atoms with Gasteiger partial charge in [-0.1, -0.05) is 37.3 Å². The number of anilines is 1. The molecule has 0 aromatic heterocycles. The zero-order valence-electron chi connectivity index (χ0n) is 14.7. The summed E-state index contributed by atoms with van der Waals surface area (Å²) in [5, 5.41) is 14.1. The van der Waals surface area contributed by atoms with Gasteiger partial charge in [0, 0.05) is 3.57 Å². The predicted molar refractivity (Wildman–Crippen MR) is 123 cm³/mol. The van der Waals surface area contributed by atoms with E-state index in [-0.39, 0.29) is 48.3 Å². The van der Waals surface area contributed by atoms with E-state index < -0.39 is 12.1 Å². The maximum absolute atomic E-state index is 12.4. The summed E-state index contributed by atoms with van der Waals surface area (Å²) < 4.78 is 7.95. The molecule has 2 aromatic carbocycles. The predicted octanol–water partition coefficient (Wildman–Crippen LogP) is 0.593. The van der Waals surface area contributed by atoms with Crippen LogP contribution in [0, 0.1) is 10.7 Å². The van der Waals surface area contributed by atoms with Crippen LogP contribution in [0.2, 0.25) is 0 Å². The molecule has 1 unspecified atom stereocenters. The van der Waals surface area contributed by atoms with Crippen molar-refractivity contribution in [3.8, 4) is 5.75 Å². The molecule has 1 N–H and O–H groups in total. The number of carbonyl (C=O) groups excluding carboxylic acids is 2. The molecule has 0 spiro atoms. The Balaban J connectivity index is 0.00000364. The van der Waals surface area contributed by atoms with E-state index in [9.17, 15) is 14.7 Å². The van der Waals surface area contributed by atoms with Crippen molar-refractivity contribution in [2.24, 2.45) is 0 Å². The second-order valence-corrected chi connectivity index (χ2v) is 8.81. The third-order valence-corrected chi connectivity index (χ3v) is 6.18. The minimum atomic E-state index is -1.26. The molecule has 1 amide bonds. The largest absolute Gasteiger partial charge is 1.00 e. The van der Waals surface area contributed by atoms with E-state index in [0.29, 0.717) is 15.0 Å². The van der Waals surface area contributed by atoms with Gasteiger partial charge in [0.15, 0.2) is 0 Å². The third-order valence-electron chi connectivity index (χ3n) is 3.49.